The van der Waals surface area contributed by atoms with Crippen LogP contribution >= 0.6 is 0 Å². The molecule has 0 aromatic carbocycles. The lowest BCUT2D eigenvalue weighted by atomic mass is 9.91. The Labute approximate surface area is 149 Å². The Morgan fingerprint density at radius 1 is 1.08 bits per heavy atom. The molecule has 4 nitrogen and oxygen atoms in total. The molecular weight excluding hydrogens is 302 g/mol. The molecule has 1 fully saturated rings. The van der Waals surface area contributed by atoms with E-state index in [2.05, 4.69) is 25.7 Å². The van der Waals surface area contributed by atoms with Crippen molar-refractivity contribution >= 4 is 12.3 Å². The standard InChI is InChI=1S/C14H27NO2.C6H12O/c1-5-17-13(16)12-6-9-15(10-7-12)11-8-14(2,3)4;1-6(2,3)4-5-7/h12H,5-11H2,1-4H3;5H,4H2,1-3H3. The molecule has 1 aliphatic heterocycles. The SMILES string of the molecule is CC(C)(C)CC=O.CCOC(=O)C1CCN(CCC(C)(C)C)CC1. The summed E-state index contributed by atoms with van der Waals surface area (Å²) in [4.78, 5) is 23.9. The van der Waals surface area contributed by atoms with Crippen LogP contribution in [0.15, 0.2) is 0 Å². The Bertz CT molecular complexity index is 358. The van der Waals surface area contributed by atoms with Gasteiger partial charge >= 0.3 is 5.97 Å². The van der Waals surface area contributed by atoms with Gasteiger partial charge in [0.1, 0.15) is 6.29 Å². The summed E-state index contributed by atoms with van der Waals surface area (Å²) in [6, 6.07) is 0. The van der Waals surface area contributed by atoms with E-state index in [1.807, 2.05) is 27.7 Å². The third-order valence-electron chi connectivity index (χ3n) is 4.08. The number of ether oxygens (including phenoxy) is 1. The topological polar surface area (TPSA) is 46.6 Å². The van der Waals surface area contributed by atoms with Gasteiger partial charge in [-0.15, -0.1) is 0 Å². The zero-order chi connectivity index (χ0) is 18.8. The van der Waals surface area contributed by atoms with E-state index in [1.165, 1.54) is 6.42 Å². The predicted molar refractivity (Wildman–Crippen MR) is 100 cm³/mol. The minimum absolute atomic E-state index is 0.00275. The normalized spacial score (nSPS) is 17.0. The molecule has 0 amide bonds. The quantitative estimate of drug-likeness (QED) is 0.552. The molecule has 0 aromatic rings. The molecule has 142 valence electrons. The Morgan fingerprint density at radius 2 is 1.62 bits per heavy atom. The van der Waals surface area contributed by atoms with Gasteiger partial charge in [0, 0.05) is 6.42 Å². The van der Waals surface area contributed by atoms with Gasteiger partial charge in [-0.25, -0.2) is 0 Å². The van der Waals surface area contributed by atoms with Crippen molar-refractivity contribution in [2.24, 2.45) is 16.7 Å². The molecule has 0 unspecified atom stereocenters. The first-order valence-corrected chi connectivity index (χ1v) is 9.31. The first-order valence-electron chi connectivity index (χ1n) is 9.31. The Kier molecular flexibility index (Phi) is 10.5. The number of likely N-dealkylation sites (tertiary alicyclic amines) is 1. The number of hydrogen-bond donors (Lipinski definition) is 0. The second-order valence-electron chi connectivity index (χ2n) is 9.11. The summed E-state index contributed by atoms with van der Waals surface area (Å²) in [5.41, 5.74) is 0.583. The lowest BCUT2D eigenvalue weighted by Crippen LogP contribution is -2.38. The van der Waals surface area contributed by atoms with Gasteiger partial charge in [-0.2, -0.15) is 0 Å². The van der Waals surface area contributed by atoms with Gasteiger partial charge in [-0.05, 0) is 56.7 Å². The average Bonchev–Trinajstić information content (AvgIpc) is 2.44. The van der Waals surface area contributed by atoms with Crippen LogP contribution < -0.4 is 0 Å². The van der Waals surface area contributed by atoms with E-state index in [9.17, 15) is 9.59 Å². The molecule has 0 radical (unpaired) electrons. The maximum Gasteiger partial charge on any atom is 0.309 e. The van der Waals surface area contributed by atoms with Gasteiger partial charge in [-0.1, -0.05) is 41.5 Å². The van der Waals surface area contributed by atoms with Crippen LogP contribution in [0.3, 0.4) is 0 Å². The third-order valence-corrected chi connectivity index (χ3v) is 4.08. The number of rotatable bonds is 5. The van der Waals surface area contributed by atoms with Crippen molar-refractivity contribution < 1.29 is 14.3 Å². The summed E-state index contributed by atoms with van der Waals surface area (Å²) in [7, 11) is 0. The molecule has 1 saturated heterocycles. The van der Waals surface area contributed by atoms with Gasteiger partial charge in [0.15, 0.2) is 0 Å². The van der Waals surface area contributed by atoms with Crippen molar-refractivity contribution in [3.63, 3.8) is 0 Å². The molecule has 0 bridgehead atoms. The molecule has 0 spiro atoms. The van der Waals surface area contributed by atoms with Crippen LogP contribution in [-0.2, 0) is 14.3 Å². The number of carbonyl (C=O) groups is 2. The number of aldehydes is 1. The number of esters is 1. The molecule has 4 heteroatoms. The number of nitrogens with zero attached hydrogens (tertiary/aromatic N) is 1. The molecule has 1 aliphatic rings. The molecule has 0 atom stereocenters. The van der Waals surface area contributed by atoms with Gasteiger partial charge in [-0.3, -0.25) is 4.79 Å². The maximum atomic E-state index is 11.6. The van der Waals surface area contributed by atoms with Crippen molar-refractivity contribution in [1.82, 2.24) is 4.90 Å². The monoisotopic (exact) mass is 341 g/mol. The van der Waals surface area contributed by atoms with E-state index in [1.54, 1.807) is 0 Å². The lowest BCUT2D eigenvalue weighted by molar-refractivity contribution is -0.149. The molecule has 1 rings (SSSR count). The smallest absolute Gasteiger partial charge is 0.309 e. The molecule has 0 N–H and O–H groups in total. The van der Waals surface area contributed by atoms with E-state index >= 15 is 0 Å². The molecule has 24 heavy (non-hydrogen) atoms. The van der Waals surface area contributed by atoms with Crippen molar-refractivity contribution in [2.75, 3.05) is 26.2 Å². The lowest BCUT2D eigenvalue weighted by Gasteiger charge is -2.32. The minimum atomic E-state index is 0.00275. The predicted octanol–water partition coefficient (Wildman–Crippen LogP) is 4.32. The van der Waals surface area contributed by atoms with E-state index in [0.29, 0.717) is 18.4 Å². The van der Waals surface area contributed by atoms with Crippen molar-refractivity contribution in [3.05, 3.63) is 0 Å². The molecule has 0 saturated carbocycles. The van der Waals surface area contributed by atoms with Crippen LogP contribution in [0.5, 0.6) is 0 Å². The highest BCUT2D eigenvalue weighted by Gasteiger charge is 2.26. The fourth-order valence-electron chi connectivity index (χ4n) is 2.40. The number of piperidine rings is 1. The Morgan fingerprint density at radius 3 is 1.96 bits per heavy atom. The van der Waals surface area contributed by atoms with Gasteiger partial charge in [0.05, 0.1) is 12.5 Å². The van der Waals surface area contributed by atoms with E-state index in [0.717, 1.165) is 38.8 Å². The minimum Gasteiger partial charge on any atom is -0.466 e. The molecule has 0 aromatic heterocycles. The van der Waals surface area contributed by atoms with Gasteiger partial charge < -0.3 is 14.4 Å². The zero-order valence-corrected chi connectivity index (χ0v) is 17.0. The zero-order valence-electron chi connectivity index (χ0n) is 17.0. The summed E-state index contributed by atoms with van der Waals surface area (Å²) in [6.45, 7) is 18.6. The van der Waals surface area contributed by atoms with Crippen molar-refractivity contribution in [1.29, 1.82) is 0 Å². The van der Waals surface area contributed by atoms with Gasteiger partial charge in [0.2, 0.25) is 0 Å². The second kappa shape index (κ2) is 10.9. The highest BCUT2D eigenvalue weighted by Crippen LogP contribution is 2.23. The number of carbonyl (C=O) groups excluding carboxylic acids is 2. The van der Waals surface area contributed by atoms with Crippen molar-refractivity contribution in [2.45, 2.75) is 74.1 Å². The van der Waals surface area contributed by atoms with Crippen molar-refractivity contribution in [3.8, 4) is 0 Å². The molecule has 1 heterocycles. The summed E-state index contributed by atoms with van der Waals surface area (Å²) >= 11 is 0. The fraction of sp³-hybridized carbons (Fsp3) is 0.900. The summed E-state index contributed by atoms with van der Waals surface area (Å²) < 4.78 is 5.07. The second-order valence-corrected chi connectivity index (χ2v) is 9.11. The molecule has 0 aliphatic carbocycles. The maximum absolute atomic E-state index is 11.6. The van der Waals surface area contributed by atoms with Gasteiger partial charge in [0.25, 0.3) is 0 Å². The Balaban J connectivity index is 0.000000640. The first-order chi connectivity index (χ1) is 11.0. The molecular formula is C20H39NO3. The third kappa shape index (κ3) is 12.5. The van der Waals surface area contributed by atoms with Crippen LogP contribution in [0.2, 0.25) is 0 Å². The fourth-order valence-corrected chi connectivity index (χ4v) is 2.40. The van der Waals surface area contributed by atoms with Crippen LogP contribution in [-0.4, -0.2) is 43.4 Å². The largest absolute Gasteiger partial charge is 0.466 e. The number of hydrogen-bond acceptors (Lipinski definition) is 4. The highest BCUT2D eigenvalue weighted by atomic mass is 16.5. The Hall–Kier alpha value is -0.900. The summed E-state index contributed by atoms with van der Waals surface area (Å²) in [5.74, 6) is 0.142. The van der Waals surface area contributed by atoms with Crippen LogP contribution in [0.25, 0.3) is 0 Å². The highest BCUT2D eigenvalue weighted by molar-refractivity contribution is 5.72. The first kappa shape index (κ1) is 23.1. The summed E-state index contributed by atoms with van der Waals surface area (Å²) in [5, 5.41) is 0. The van der Waals surface area contributed by atoms with E-state index < -0.39 is 0 Å². The van der Waals surface area contributed by atoms with Crippen LogP contribution in [0, 0.1) is 16.7 Å². The van der Waals surface area contributed by atoms with Crippen LogP contribution in [0.4, 0.5) is 0 Å². The van der Waals surface area contributed by atoms with Crippen LogP contribution in [0.1, 0.15) is 74.1 Å². The average molecular weight is 342 g/mol. The summed E-state index contributed by atoms with van der Waals surface area (Å²) in [6.07, 6.45) is 4.76. The van der Waals surface area contributed by atoms with E-state index in [4.69, 9.17) is 4.74 Å². The van der Waals surface area contributed by atoms with E-state index in [-0.39, 0.29) is 17.3 Å².